The fourth-order valence-corrected chi connectivity index (χ4v) is 1.88. The molecule has 5 heteroatoms. The Bertz CT molecular complexity index is 325. The summed E-state index contributed by atoms with van der Waals surface area (Å²) in [4.78, 5) is 9.60. The molecule has 4 N–H and O–H groups in total. The number of aliphatic hydroxyl groups is 3. The molecule has 0 unspecified atom stereocenters. The third-order valence-corrected chi connectivity index (χ3v) is 3.74. The summed E-state index contributed by atoms with van der Waals surface area (Å²) in [6.07, 6.45) is 4.69. The van der Waals surface area contributed by atoms with E-state index in [-0.39, 0.29) is 25.4 Å². The predicted molar refractivity (Wildman–Crippen MR) is 83.9 cm³/mol. The Morgan fingerprint density at radius 1 is 1.05 bits per heavy atom. The van der Waals surface area contributed by atoms with Crippen LogP contribution in [0.4, 0.5) is 0 Å². The van der Waals surface area contributed by atoms with Gasteiger partial charge < -0.3 is 20.4 Å². The number of allylic oxidation sites excluding steroid dienone is 2. The summed E-state index contributed by atoms with van der Waals surface area (Å²) in [6, 6.07) is 0. The van der Waals surface area contributed by atoms with E-state index >= 15 is 0 Å². The second-order valence-corrected chi connectivity index (χ2v) is 5.39. The van der Waals surface area contributed by atoms with Crippen LogP contribution in [-0.4, -0.2) is 46.2 Å². The lowest BCUT2D eigenvalue weighted by molar-refractivity contribution is -0.132. The van der Waals surface area contributed by atoms with Gasteiger partial charge >= 0.3 is 5.97 Å². The van der Waals surface area contributed by atoms with E-state index < -0.39 is 16.8 Å². The van der Waals surface area contributed by atoms with Gasteiger partial charge in [0.25, 0.3) is 0 Å². The van der Waals surface area contributed by atoms with Gasteiger partial charge in [0.1, 0.15) is 0 Å². The van der Waals surface area contributed by atoms with Crippen molar-refractivity contribution < 1.29 is 25.2 Å². The Kier molecular flexibility index (Phi) is 10.7. The molecule has 0 bridgehead atoms. The highest BCUT2D eigenvalue weighted by Crippen LogP contribution is 2.44. The summed E-state index contributed by atoms with van der Waals surface area (Å²) in [5, 5.41) is 36.0. The molecule has 21 heavy (non-hydrogen) atoms. The van der Waals surface area contributed by atoms with Crippen molar-refractivity contribution in [1.29, 1.82) is 0 Å². The zero-order chi connectivity index (χ0) is 17.1. The minimum Gasteiger partial charge on any atom is -0.478 e. The van der Waals surface area contributed by atoms with Crippen molar-refractivity contribution in [1.82, 2.24) is 0 Å². The van der Waals surface area contributed by atoms with Crippen molar-refractivity contribution >= 4 is 5.97 Å². The molecule has 0 aromatic carbocycles. The Labute approximate surface area is 126 Å². The van der Waals surface area contributed by atoms with E-state index in [0.717, 1.165) is 0 Å². The molecular weight excluding hydrogens is 272 g/mol. The first kappa shape index (κ1) is 21.9. The molecule has 0 saturated heterocycles. The van der Waals surface area contributed by atoms with E-state index in [1.807, 2.05) is 6.92 Å². The van der Waals surface area contributed by atoms with Crippen molar-refractivity contribution in [3.8, 4) is 0 Å². The number of carbonyl (C=O) groups is 1. The van der Waals surface area contributed by atoms with Crippen LogP contribution in [0.15, 0.2) is 37.5 Å². The van der Waals surface area contributed by atoms with Gasteiger partial charge in [0.05, 0.1) is 19.8 Å². The number of rotatable bonds is 9. The van der Waals surface area contributed by atoms with E-state index in [0.29, 0.717) is 12.8 Å². The fourth-order valence-electron chi connectivity index (χ4n) is 1.88. The zero-order valence-corrected chi connectivity index (χ0v) is 13.0. The standard InChI is InChI=1S/C12H22O3.C4H6O2/c1-4-6-11(3,7-5-2)12(8-13,9-14)10-15;1-3(2)4(5)6/h4-5,13-15H,1-2,6-10H2,3H3;1H2,2H3,(H,5,6). The predicted octanol–water partition coefficient (Wildman–Crippen LogP) is 1.76. The largest absolute Gasteiger partial charge is 0.478 e. The van der Waals surface area contributed by atoms with E-state index in [9.17, 15) is 20.1 Å². The number of hydrogen-bond donors (Lipinski definition) is 4. The summed E-state index contributed by atoms with van der Waals surface area (Å²) in [7, 11) is 0. The maximum absolute atomic E-state index is 9.60. The molecule has 122 valence electrons. The van der Waals surface area contributed by atoms with Gasteiger partial charge in [-0.1, -0.05) is 25.7 Å². The molecule has 0 aromatic rings. The van der Waals surface area contributed by atoms with Crippen molar-refractivity contribution in [2.75, 3.05) is 19.8 Å². The van der Waals surface area contributed by atoms with Crippen molar-refractivity contribution in [3.05, 3.63) is 37.5 Å². The van der Waals surface area contributed by atoms with Crippen molar-refractivity contribution in [3.63, 3.8) is 0 Å². The average Bonchev–Trinajstić information content (AvgIpc) is 2.42. The highest BCUT2D eigenvalue weighted by atomic mass is 16.4. The third-order valence-electron chi connectivity index (χ3n) is 3.74. The summed E-state index contributed by atoms with van der Waals surface area (Å²) in [5.41, 5.74) is -1.14. The lowest BCUT2D eigenvalue weighted by Crippen LogP contribution is -2.48. The Hall–Kier alpha value is -1.43. The van der Waals surface area contributed by atoms with Gasteiger partial charge in [-0.25, -0.2) is 4.79 Å². The van der Waals surface area contributed by atoms with Crippen LogP contribution in [0.2, 0.25) is 0 Å². The van der Waals surface area contributed by atoms with Gasteiger partial charge in [-0.2, -0.15) is 0 Å². The summed E-state index contributed by atoms with van der Waals surface area (Å²) >= 11 is 0. The zero-order valence-electron chi connectivity index (χ0n) is 13.0. The number of aliphatic carboxylic acids is 1. The molecule has 0 atom stereocenters. The molecular formula is C16H28O5. The summed E-state index contributed by atoms with van der Waals surface area (Å²) in [5.74, 6) is -0.935. The monoisotopic (exact) mass is 300 g/mol. The number of carboxylic acids is 1. The molecule has 0 radical (unpaired) electrons. The maximum atomic E-state index is 9.60. The third kappa shape index (κ3) is 6.25. The SMILES string of the molecule is C=C(C)C(=O)O.C=CCC(C)(CC=C)C(CO)(CO)CO. The molecule has 0 aliphatic carbocycles. The minimum absolute atomic E-state index is 0.176. The normalized spacial score (nSPS) is 11.1. The molecule has 0 aliphatic rings. The van der Waals surface area contributed by atoms with Crippen LogP contribution in [0.5, 0.6) is 0 Å². The number of hydrogen-bond acceptors (Lipinski definition) is 4. The molecule has 5 nitrogen and oxygen atoms in total. The molecule has 0 aromatic heterocycles. The molecule has 0 spiro atoms. The van der Waals surface area contributed by atoms with E-state index in [1.165, 1.54) is 6.92 Å². The van der Waals surface area contributed by atoms with Gasteiger partial charge in [0.15, 0.2) is 0 Å². The molecule has 0 saturated carbocycles. The first-order valence-corrected chi connectivity index (χ1v) is 6.63. The number of aliphatic hydroxyl groups excluding tert-OH is 3. The van der Waals surface area contributed by atoms with Gasteiger partial charge in [-0.3, -0.25) is 0 Å². The first-order valence-electron chi connectivity index (χ1n) is 6.63. The van der Waals surface area contributed by atoms with Crippen LogP contribution < -0.4 is 0 Å². The lowest BCUT2D eigenvalue weighted by Gasteiger charge is -2.45. The highest BCUT2D eigenvalue weighted by molar-refractivity contribution is 5.84. The van der Waals surface area contributed by atoms with Gasteiger partial charge in [-0.05, 0) is 25.2 Å². The van der Waals surface area contributed by atoms with E-state index in [1.54, 1.807) is 12.2 Å². The minimum atomic E-state index is -0.935. The molecule has 0 heterocycles. The topological polar surface area (TPSA) is 98.0 Å². The Balaban J connectivity index is 0. The Morgan fingerprint density at radius 3 is 1.48 bits per heavy atom. The van der Waals surface area contributed by atoms with E-state index in [4.69, 9.17) is 5.11 Å². The maximum Gasteiger partial charge on any atom is 0.330 e. The molecule has 0 amide bonds. The first-order chi connectivity index (χ1) is 9.70. The van der Waals surface area contributed by atoms with Gasteiger partial charge in [0.2, 0.25) is 0 Å². The molecule has 0 rings (SSSR count). The highest BCUT2D eigenvalue weighted by Gasteiger charge is 2.45. The van der Waals surface area contributed by atoms with Crippen molar-refractivity contribution in [2.45, 2.75) is 26.7 Å². The fraction of sp³-hybridized carbons (Fsp3) is 0.562. The summed E-state index contributed by atoms with van der Waals surface area (Å²) < 4.78 is 0. The molecule has 0 fully saturated rings. The van der Waals surface area contributed by atoms with Gasteiger partial charge in [-0.15, -0.1) is 13.2 Å². The van der Waals surface area contributed by atoms with Crippen LogP contribution in [0.3, 0.4) is 0 Å². The Morgan fingerprint density at radius 2 is 1.33 bits per heavy atom. The number of carboxylic acid groups (broad SMARTS) is 1. The van der Waals surface area contributed by atoms with Crippen LogP contribution in [-0.2, 0) is 4.79 Å². The van der Waals surface area contributed by atoms with Crippen molar-refractivity contribution in [2.24, 2.45) is 10.8 Å². The quantitative estimate of drug-likeness (QED) is 0.384. The van der Waals surface area contributed by atoms with Crippen LogP contribution in [0.1, 0.15) is 26.7 Å². The smallest absolute Gasteiger partial charge is 0.330 e. The average molecular weight is 300 g/mol. The molecule has 0 aliphatic heterocycles. The van der Waals surface area contributed by atoms with E-state index in [2.05, 4.69) is 19.7 Å². The van der Waals surface area contributed by atoms with Gasteiger partial charge in [0, 0.05) is 11.0 Å². The van der Waals surface area contributed by atoms with Crippen LogP contribution in [0.25, 0.3) is 0 Å². The second kappa shape index (κ2) is 10.3. The van der Waals surface area contributed by atoms with Crippen LogP contribution in [0, 0.1) is 10.8 Å². The lowest BCUT2D eigenvalue weighted by atomic mass is 9.62. The van der Waals surface area contributed by atoms with Crippen LogP contribution >= 0.6 is 0 Å². The summed E-state index contributed by atoms with van der Waals surface area (Å²) in [6.45, 7) is 13.1. The second-order valence-electron chi connectivity index (χ2n) is 5.39.